The highest BCUT2D eigenvalue weighted by Gasteiger charge is 2.12. The number of carbonyl (C=O) groups excluding carboxylic acids is 1. The van der Waals surface area contributed by atoms with Crippen LogP contribution in [0.3, 0.4) is 0 Å². The Labute approximate surface area is 73.7 Å². The lowest BCUT2D eigenvalue weighted by Gasteiger charge is -1.98. The summed E-state index contributed by atoms with van der Waals surface area (Å²) in [4.78, 5) is 21.0. The molecule has 6 heteroatoms. The summed E-state index contributed by atoms with van der Waals surface area (Å²) in [6.45, 7) is 1.23. The predicted octanol–water partition coefficient (Wildman–Crippen LogP) is 0.0436. The Hall–Kier alpha value is -1.85. The number of aryl methyl sites for hydroxylation is 1. The Bertz CT molecular complexity index is 355. The van der Waals surface area contributed by atoms with Gasteiger partial charge < -0.3 is 9.84 Å². The maximum atomic E-state index is 10.5. The molecular formula is C7H8N2O4. The van der Waals surface area contributed by atoms with Crippen molar-refractivity contribution in [2.24, 2.45) is 7.05 Å². The third-order valence-corrected chi connectivity index (χ3v) is 1.30. The second-order valence-corrected chi connectivity index (χ2v) is 2.39. The van der Waals surface area contributed by atoms with Crippen molar-refractivity contribution in [2.75, 3.05) is 0 Å². The van der Waals surface area contributed by atoms with Crippen molar-refractivity contribution in [3.05, 3.63) is 11.8 Å². The molecule has 0 spiro atoms. The van der Waals surface area contributed by atoms with Gasteiger partial charge in [0, 0.05) is 20.0 Å². The average Bonchev–Trinajstić information content (AvgIpc) is 2.31. The van der Waals surface area contributed by atoms with Gasteiger partial charge in [0.1, 0.15) is 0 Å². The van der Waals surface area contributed by atoms with Gasteiger partial charge in [-0.3, -0.25) is 4.79 Å². The zero-order valence-electron chi connectivity index (χ0n) is 7.14. The number of esters is 1. The number of hydrogen-bond donors (Lipinski definition) is 1. The molecule has 1 aromatic rings. The molecule has 1 rings (SSSR count). The number of carboxylic acid groups (broad SMARTS) is 1. The van der Waals surface area contributed by atoms with Gasteiger partial charge in [-0.2, -0.15) is 5.10 Å². The summed E-state index contributed by atoms with van der Waals surface area (Å²) < 4.78 is 5.86. The monoisotopic (exact) mass is 184 g/mol. The lowest BCUT2D eigenvalue weighted by Crippen LogP contribution is -2.05. The summed E-state index contributed by atoms with van der Waals surface area (Å²) in [5.41, 5.74) is -0.154. The zero-order valence-corrected chi connectivity index (χ0v) is 7.14. The highest BCUT2D eigenvalue weighted by atomic mass is 16.5. The van der Waals surface area contributed by atoms with Gasteiger partial charge >= 0.3 is 11.9 Å². The number of aromatic nitrogens is 2. The van der Waals surface area contributed by atoms with Crippen molar-refractivity contribution in [3.63, 3.8) is 0 Å². The Kier molecular flexibility index (Phi) is 2.32. The summed E-state index contributed by atoms with van der Waals surface area (Å²) in [6, 6.07) is 1.18. The van der Waals surface area contributed by atoms with E-state index in [9.17, 15) is 9.59 Å². The van der Waals surface area contributed by atoms with Crippen LogP contribution in [0.5, 0.6) is 5.88 Å². The molecule has 0 aliphatic heterocycles. The molecule has 0 unspecified atom stereocenters. The van der Waals surface area contributed by atoms with Gasteiger partial charge in [-0.15, -0.1) is 0 Å². The van der Waals surface area contributed by atoms with Gasteiger partial charge in [0.15, 0.2) is 5.69 Å². The van der Waals surface area contributed by atoms with Crippen LogP contribution in [0.2, 0.25) is 0 Å². The summed E-state index contributed by atoms with van der Waals surface area (Å²) in [5.74, 6) is -1.56. The quantitative estimate of drug-likeness (QED) is 0.656. The van der Waals surface area contributed by atoms with Crippen molar-refractivity contribution in [1.82, 2.24) is 9.78 Å². The van der Waals surface area contributed by atoms with Crippen LogP contribution in [0.4, 0.5) is 0 Å². The van der Waals surface area contributed by atoms with Crippen molar-refractivity contribution >= 4 is 11.9 Å². The number of ether oxygens (including phenoxy) is 1. The van der Waals surface area contributed by atoms with Crippen LogP contribution < -0.4 is 4.74 Å². The summed E-state index contributed by atoms with van der Waals surface area (Å²) in [6.07, 6.45) is 0. The minimum atomic E-state index is -1.16. The number of carbonyl (C=O) groups is 2. The molecule has 0 aromatic carbocycles. The van der Waals surface area contributed by atoms with Crippen LogP contribution >= 0.6 is 0 Å². The van der Waals surface area contributed by atoms with Crippen LogP contribution in [0.25, 0.3) is 0 Å². The van der Waals surface area contributed by atoms with Crippen LogP contribution in [0, 0.1) is 0 Å². The number of carboxylic acids is 1. The third-order valence-electron chi connectivity index (χ3n) is 1.30. The van der Waals surface area contributed by atoms with E-state index in [-0.39, 0.29) is 11.6 Å². The second kappa shape index (κ2) is 3.26. The number of nitrogens with zero attached hydrogens (tertiary/aromatic N) is 2. The highest BCUT2D eigenvalue weighted by Crippen LogP contribution is 2.11. The van der Waals surface area contributed by atoms with Gasteiger partial charge in [-0.25, -0.2) is 9.48 Å². The molecule has 1 heterocycles. The molecule has 13 heavy (non-hydrogen) atoms. The third kappa shape index (κ3) is 2.05. The Morgan fingerprint density at radius 1 is 1.62 bits per heavy atom. The van der Waals surface area contributed by atoms with Gasteiger partial charge in [0.2, 0.25) is 5.88 Å². The van der Waals surface area contributed by atoms with Crippen molar-refractivity contribution in [2.45, 2.75) is 6.92 Å². The van der Waals surface area contributed by atoms with Gasteiger partial charge in [0.05, 0.1) is 0 Å². The number of aromatic carboxylic acids is 1. The Balaban J connectivity index is 2.96. The SMILES string of the molecule is CC(=O)Oc1cc(C(=O)O)nn1C. The zero-order chi connectivity index (χ0) is 10.0. The first-order chi connectivity index (χ1) is 6.00. The van der Waals surface area contributed by atoms with Crippen molar-refractivity contribution in [1.29, 1.82) is 0 Å². The van der Waals surface area contributed by atoms with Gasteiger partial charge in [-0.1, -0.05) is 0 Å². The molecular weight excluding hydrogens is 176 g/mol. The lowest BCUT2D eigenvalue weighted by molar-refractivity contribution is -0.132. The molecule has 0 atom stereocenters. The topological polar surface area (TPSA) is 81.4 Å². The average molecular weight is 184 g/mol. The molecule has 1 aromatic heterocycles. The number of hydrogen-bond acceptors (Lipinski definition) is 4. The van der Waals surface area contributed by atoms with Crippen LogP contribution in [-0.4, -0.2) is 26.8 Å². The fourth-order valence-electron chi connectivity index (χ4n) is 0.797. The van der Waals surface area contributed by atoms with Crippen LogP contribution in [-0.2, 0) is 11.8 Å². The molecule has 0 saturated carbocycles. The fraction of sp³-hybridized carbons (Fsp3) is 0.286. The van der Waals surface area contributed by atoms with Crippen molar-refractivity contribution in [3.8, 4) is 5.88 Å². The molecule has 0 fully saturated rings. The van der Waals surface area contributed by atoms with Crippen LogP contribution in [0.15, 0.2) is 6.07 Å². The van der Waals surface area contributed by atoms with E-state index in [1.807, 2.05) is 0 Å². The predicted molar refractivity (Wildman–Crippen MR) is 41.5 cm³/mol. The van der Waals surface area contributed by atoms with E-state index in [2.05, 4.69) is 9.84 Å². The second-order valence-electron chi connectivity index (χ2n) is 2.39. The Morgan fingerprint density at radius 3 is 2.62 bits per heavy atom. The minimum absolute atomic E-state index is 0.116. The van der Waals surface area contributed by atoms with E-state index in [1.54, 1.807) is 0 Å². The summed E-state index contributed by atoms with van der Waals surface area (Å²) in [5, 5.41) is 12.1. The first-order valence-corrected chi connectivity index (χ1v) is 3.46. The normalized spacial score (nSPS) is 9.69. The minimum Gasteiger partial charge on any atom is -0.476 e. The summed E-state index contributed by atoms with van der Waals surface area (Å²) >= 11 is 0. The molecule has 0 saturated heterocycles. The smallest absolute Gasteiger partial charge is 0.356 e. The maximum Gasteiger partial charge on any atom is 0.356 e. The molecule has 0 aliphatic carbocycles. The standard InChI is InChI=1S/C7H8N2O4/c1-4(10)13-6-3-5(7(11)12)8-9(6)2/h3H,1-2H3,(H,11,12). The van der Waals surface area contributed by atoms with E-state index < -0.39 is 11.9 Å². The molecule has 6 nitrogen and oxygen atoms in total. The largest absolute Gasteiger partial charge is 0.476 e. The first-order valence-electron chi connectivity index (χ1n) is 3.46. The van der Waals surface area contributed by atoms with E-state index in [0.717, 1.165) is 0 Å². The number of rotatable bonds is 2. The van der Waals surface area contributed by atoms with E-state index in [1.165, 1.54) is 24.7 Å². The molecule has 0 amide bonds. The van der Waals surface area contributed by atoms with E-state index in [4.69, 9.17) is 5.11 Å². The van der Waals surface area contributed by atoms with E-state index >= 15 is 0 Å². The van der Waals surface area contributed by atoms with Gasteiger partial charge in [0.25, 0.3) is 0 Å². The first kappa shape index (κ1) is 9.24. The molecule has 0 bridgehead atoms. The molecule has 0 aliphatic rings. The van der Waals surface area contributed by atoms with Gasteiger partial charge in [-0.05, 0) is 0 Å². The lowest BCUT2D eigenvalue weighted by atomic mass is 10.4. The van der Waals surface area contributed by atoms with Crippen molar-refractivity contribution < 1.29 is 19.4 Å². The molecule has 1 N–H and O–H groups in total. The van der Waals surface area contributed by atoms with Crippen LogP contribution in [0.1, 0.15) is 17.4 Å². The molecule has 70 valence electrons. The maximum absolute atomic E-state index is 10.5. The van der Waals surface area contributed by atoms with E-state index in [0.29, 0.717) is 0 Å². The fourth-order valence-corrected chi connectivity index (χ4v) is 0.797. The molecule has 0 radical (unpaired) electrons. The highest BCUT2D eigenvalue weighted by molar-refractivity contribution is 5.85. The summed E-state index contributed by atoms with van der Waals surface area (Å²) in [7, 11) is 1.49. The Morgan fingerprint density at radius 2 is 2.23 bits per heavy atom.